The maximum absolute atomic E-state index is 13.2. The first-order chi connectivity index (χ1) is 7.52. The molecule has 1 saturated carbocycles. The van der Waals surface area contributed by atoms with Gasteiger partial charge in [-0.2, -0.15) is 4.37 Å². The molecule has 0 N–H and O–H groups in total. The zero-order valence-corrected chi connectivity index (χ0v) is 9.86. The van der Waals surface area contributed by atoms with Crippen molar-refractivity contribution < 1.29 is 8.78 Å². The predicted octanol–water partition coefficient (Wildman–Crippen LogP) is 2.47. The van der Waals surface area contributed by atoms with Crippen molar-refractivity contribution in [1.82, 2.24) is 9.36 Å². The lowest BCUT2D eigenvalue weighted by molar-refractivity contribution is 0.0537. The van der Waals surface area contributed by atoms with E-state index in [0.29, 0.717) is 25.9 Å². The molecular formula is C10H13F2N3S. The van der Waals surface area contributed by atoms with E-state index in [4.69, 9.17) is 0 Å². The molecule has 3 nitrogen and oxygen atoms in total. The summed E-state index contributed by atoms with van der Waals surface area (Å²) < 4.78 is 30.4. The smallest absolute Gasteiger partial charge is 0.254 e. The summed E-state index contributed by atoms with van der Waals surface area (Å²) >= 11 is 1.35. The van der Waals surface area contributed by atoms with Crippen LogP contribution in [0.15, 0.2) is 0 Å². The van der Waals surface area contributed by atoms with Gasteiger partial charge in [0.25, 0.3) is 5.92 Å². The van der Waals surface area contributed by atoms with Gasteiger partial charge < -0.3 is 4.90 Å². The van der Waals surface area contributed by atoms with Gasteiger partial charge in [0.1, 0.15) is 5.82 Å². The van der Waals surface area contributed by atoms with E-state index >= 15 is 0 Å². The molecule has 3 rings (SSSR count). The number of aryl methyl sites for hydroxylation is 1. The molecule has 2 fully saturated rings. The van der Waals surface area contributed by atoms with Crippen LogP contribution in [0, 0.1) is 12.3 Å². The predicted molar refractivity (Wildman–Crippen MR) is 58.1 cm³/mol. The fourth-order valence-corrected chi connectivity index (χ4v) is 3.19. The molecule has 1 aromatic rings. The first-order valence-electron chi connectivity index (χ1n) is 5.46. The highest BCUT2D eigenvalue weighted by molar-refractivity contribution is 7.09. The van der Waals surface area contributed by atoms with E-state index in [-0.39, 0.29) is 6.42 Å². The molecule has 0 amide bonds. The molecule has 2 heterocycles. The van der Waals surface area contributed by atoms with Crippen LogP contribution in [0.2, 0.25) is 0 Å². The summed E-state index contributed by atoms with van der Waals surface area (Å²) in [6.45, 7) is 3.22. The topological polar surface area (TPSA) is 29.0 Å². The first kappa shape index (κ1) is 10.4. The Kier molecular flexibility index (Phi) is 2.02. The Bertz CT molecular complexity index is 410. The van der Waals surface area contributed by atoms with Crippen molar-refractivity contribution >= 4 is 16.7 Å². The van der Waals surface area contributed by atoms with Crippen LogP contribution in [0.3, 0.4) is 0 Å². The van der Waals surface area contributed by atoms with E-state index in [2.05, 4.69) is 14.3 Å². The van der Waals surface area contributed by atoms with Gasteiger partial charge in [0, 0.05) is 36.5 Å². The van der Waals surface area contributed by atoms with Crippen molar-refractivity contribution in [2.24, 2.45) is 5.41 Å². The van der Waals surface area contributed by atoms with Gasteiger partial charge in [-0.25, -0.2) is 13.8 Å². The minimum Gasteiger partial charge on any atom is -0.347 e. The van der Waals surface area contributed by atoms with Crippen molar-refractivity contribution in [3.8, 4) is 0 Å². The fourth-order valence-electron chi connectivity index (χ4n) is 2.46. The van der Waals surface area contributed by atoms with Crippen LogP contribution in [-0.4, -0.2) is 28.4 Å². The normalized spacial score (nSPS) is 26.1. The Morgan fingerprint density at radius 1 is 1.31 bits per heavy atom. The van der Waals surface area contributed by atoms with E-state index in [1.54, 1.807) is 0 Å². The lowest BCUT2D eigenvalue weighted by Gasteiger charge is -2.31. The lowest BCUT2D eigenvalue weighted by Crippen LogP contribution is -2.36. The van der Waals surface area contributed by atoms with Crippen molar-refractivity contribution in [2.45, 2.75) is 32.1 Å². The average Bonchev–Trinajstić information content (AvgIpc) is 2.61. The van der Waals surface area contributed by atoms with Crippen molar-refractivity contribution in [1.29, 1.82) is 0 Å². The molecule has 1 spiro atoms. The molecule has 16 heavy (non-hydrogen) atoms. The van der Waals surface area contributed by atoms with Crippen LogP contribution in [0.1, 0.15) is 25.1 Å². The molecule has 0 bridgehead atoms. The highest BCUT2D eigenvalue weighted by Gasteiger charge is 2.70. The van der Waals surface area contributed by atoms with Gasteiger partial charge >= 0.3 is 0 Å². The summed E-state index contributed by atoms with van der Waals surface area (Å²) in [5, 5.41) is 0.872. The SMILES string of the molecule is Cc1nsc(N2CCC3(CC2)CC3(F)F)n1. The van der Waals surface area contributed by atoms with Crippen molar-refractivity contribution in [3.63, 3.8) is 0 Å². The Morgan fingerprint density at radius 2 is 1.94 bits per heavy atom. The van der Waals surface area contributed by atoms with Gasteiger partial charge in [-0.15, -0.1) is 0 Å². The molecule has 0 aromatic carbocycles. The van der Waals surface area contributed by atoms with Crippen LogP contribution >= 0.6 is 11.5 Å². The summed E-state index contributed by atoms with van der Waals surface area (Å²) in [6, 6.07) is 0. The fraction of sp³-hybridized carbons (Fsp3) is 0.800. The molecule has 0 atom stereocenters. The second kappa shape index (κ2) is 3.12. The summed E-state index contributed by atoms with van der Waals surface area (Å²) in [7, 11) is 0. The van der Waals surface area contributed by atoms with Crippen molar-refractivity contribution in [3.05, 3.63) is 5.82 Å². The second-order valence-corrected chi connectivity index (χ2v) is 5.50. The van der Waals surface area contributed by atoms with E-state index in [1.807, 2.05) is 6.92 Å². The molecule has 88 valence electrons. The molecule has 0 unspecified atom stereocenters. The Hall–Kier alpha value is -0.780. The van der Waals surface area contributed by atoms with Crippen LogP contribution in [-0.2, 0) is 0 Å². The third kappa shape index (κ3) is 1.43. The summed E-state index contributed by atoms with van der Waals surface area (Å²) in [5.41, 5.74) is -0.677. The van der Waals surface area contributed by atoms with E-state index < -0.39 is 11.3 Å². The van der Waals surface area contributed by atoms with Crippen molar-refractivity contribution in [2.75, 3.05) is 18.0 Å². The molecule has 1 aliphatic heterocycles. The summed E-state index contributed by atoms with van der Waals surface area (Å²) in [4.78, 5) is 6.36. The molecule has 1 saturated heterocycles. The van der Waals surface area contributed by atoms with Gasteiger partial charge in [-0.1, -0.05) is 0 Å². The minimum atomic E-state index is -2.41. The van der Waals surface area contributed by atoms with Crippen LogP contribution in [0.5, 0.6) is 0 Å². The standard InChI is InChI=1S/C10H13F2N3S/c1-7-13-8(16-14-7)15-4-2-9(3-5-15)6-10(9,11)12/h2-6H2,1H3. The van der Waals surface area contributed by atoms with E-state index in [1.165, 1.54) is 11.5 Å². The Morgan fingerprint density at radius 3 is 2.38 bits per heavy atom. The number of rotatable bonds is 1. The number of hydrogen-bond acceptors (Lipinski definition) is 4. The number of aromatic nitrogens is 2. The van der Waals surface area contributed by atoms with Gasteiger partial charge in [-0.05, 0) is 19.8 Å². The molecule has 0 radical (unpaired) electrons. The monoisotopic (exact) mass is 245 g/mol. The molecule has 2 aliphatic rings. The van der Waals surface area contributed by atoms with Crippen LogP contribution in [0.4, 0.5) is 13.9 Å². The maximum Gasteiger partial charge on any atom is 0.254 e. The lowest BCUT2D eigenvalue weighted by atomic mass is 9.93. The Balaban J connectivity index is 1.68. The zero-order chi connectivity index (χ0) is 11.4. The summed E-state index contributed by atoms with van der Waals surface area (Å²) in [5.74, 6) is -1.65. The largest absolute Gasteiger partial charge is 0.347 e. The molecule has 6 heteroatoms. The van der Waals surface area contributed by atoms with E-state index in [0.717, 1.165) is 11.0 Å². The minimum absolute atomic E-state index is 0.0863. The third-order valence-corrected chi connectivity index (χ3v) is 4.59. The number of halogens is 2. The summed E-state index contributed by atoms with van der Waals surface area (Å²) in [6.07, 6.45) is 1.25. The number of piperidine rings is 1. The number of anilines is 1. The van der Waals surface area contributed by atoms with Gasteiger partial charge in [-0.3, -0.25) is 0 Å². The molecular weight excluding hydrogens is 232 g/mol. The third-order valence-electron chi connectivity index (χ3n) is 3.72. The zero-order valence-electron chi connectivity index (χ0n) is 9.04. The quantitative estimate of drug-likeness (QED) is 0.761. The van der Waals surface area contributed by atoms with Gasteiger partial charge in [0.05, 0.1) is 0 Å². The number of alkyl halides is 2. The van der Waals surface area contributed by atoms with Crippen LogP contribution < -0.4 is 4.90 Å². The van der Waals surface area contributed by atoms with Crippen LogP contribution in [0.25, 0.3) is 0 Å². The van der Waals surface area contributed by atoms with Gasteiger partial charge in [0.2, 0.25) is 5.13 Å². The van der Waals surface area contributed by atoms with E-state index in [9.17, 15) is 8.78 Å². The number of hydrogen-bond donors (Lipinski definition) is 0. The highest BCUT2D eigenvalue weighted by atomic mass is 32.1. The first-order valence-corrected chi connectivity index (χ1v) is 6.23. The second-order valence-electron chi connectivity index (χ2n) is 4.77. The Labute approximate surface area is 96.7 Å². The maximum atomic E-state index is 13.2. The average molecular weight is 245 g/mol. The number of nitrogens with zero attached hydrogens (tertiary/aromatic N) is 3. The van der Waals surface area contributed by atoms with Gasteiger partial charge in [0.15, 0.2) is 0 Å². The highest BCUT2D eigenvalue weighted by Crippen LogP contribution is 2.65. The molecule has 1 aliphatic carbocycles. The molecule has 1 aromatic heterocycles.